The number of ether oxygens (including phenoxy) is 1. The highest BCUT2D eigenvalue weighted by atomic mass is 32.3. The van der Waals surface area contributed by atoms with Gasteiger partial charge in [-0.2, -0.15) is 32.2 Å². The van der Waals surface area contributed by atoms with Gasteiger partial charge in [0, 0.05) is 17.2 Å². The topological polar surface area (TPSA) is 350 Å². The second-order valence-corrected chi connectivity index (χ2v) is 16.2. The van der Waals surface area contributed by atoms with Crippen LogP contribution in [0.5, 0.6) is 0 Å². The summed E-state index contributed by atoms with van der Waals surface area (Å²) in [6.07, 6.45) is 0.627. The van der Waals surface area contributed by atoms with E-state index >= 15 is 0 Å². The van der Waals surface area contributed by atoms with Crippen molar-refractivity contribution in [2.45, 2.75) is 36.9 Å². The molecule has 0 heterocycles. The van der Waals surface area contributed by atoms with Crippen molar-refractivity contribution >= 4 is 65.5 Å². The van der Waals surface area contributed by atoms with Crippen LogP contribution in [0.4, 0.5) is 22.7 Å². The maximum Gasteiger partial charge on any atom is 0.397 e. The van der Waals surface area contributed by atoms with Crippen molar-refractivity contribution in [2.75, 3.05) is 23.2 Å². The van der Waals surface area contributed by atoms with E-state index in [1.807, 2.05) is 0 Å². The van der Waals surface area contributed by atoms with Gasteiger partial charge in [-0.1, -0.05) is 6.07 Å². The summed E-state index contributed by atoms with van der Waals surface area (Å²) in [4.78, 5) is 37.5. The Morgan fingerprint density at radius 1 is 0.842 bits per heavy atom. The van der Waals surface area contributed by atoms with E-state index in [-0.39, 0.29) is 50.9 Å². The van der Waals surface area contributed by atoms with E-state index in [1.54, 1.807) is 13.0 Å². The molecule has 0 bridgehead atoms. The molecule has 302 valence electrons. The molecule has 4 rings (SSSR count). The molecule has 0 saturated carbocycles. The van der Waals surface area contributed by atoms with Crippen LogP contribution in [0.1, 0.15) is 32.6 Å². The molecule has 7 N–H and O–H groups in total. The molecule has 0 aromatic heterocycles. The highest BCUT2D eigenvalue weighted by molar-refractivity contribution is 7.91. The molecule has 0 saturated heterocycles. The van der Waals surface area contributed by atoms with Gasteiger partial charge < -0.3 is 14.9 Å². The SMILES string of the molecule is Cc1ccc(N=Nc2ccc(NN=c3c(C(=O)O)cc(=O)c(=NNc4cc(C)c(S(=O)(=O)CCOS(=O)(=O)O)cc4CO)c3=O)cc2COC=N)c(S(=O)(=O)O)c1. The van der Waals surface area contributed by atoms with Crippen LogP contribution < -0.4 is 32.4 Å². The molecular formula is C32H31N7O15S3. The molecule has 0 radical (unpaired) electrons. The van der Waals surface area contributed by atoms with Gasteiger partial charge in [-0.15, -0.1) is 5.11 Å². The third-order valence-corrected chi connectivity index (χ3v) is 10.7. The van der Waals surface area contributed by atoms with Crippen LogP contribution in [-0.2, 0) is 52.5 Å². The van der Waals surface area contributed by atoms with E-state index in [9.17, 15) is 54.4 Å². The molecule has 0 fully saturated rings. The lowest BCUT2D eigenvalue weighted by atomic mass is 10.1. The molecular weight excluding hydrogens is 819 g/mol. The quantitative estimate of drug-likeness (QED) is 0.0259. The minimum Gasteiger partial charge on any atom is -0.479 e. The number of anilines is 2. The second kappa shape index (κ2) is 17.8. The maximum absolute atomic E-state index is 13.5. The summed E-state index contributed by atoms with van der Waals surface area (Å²) in [5, 5.41) is 41.0. The van der Waals surface area contributed by atoms with Crippen molar-refractivity contribution in [3.63, 3.8) is 0 Å². The summed E-state index contributed by atoms with van der Waals surface area (Å²) in [6.45, 7) is 0.970. The lowest BCUT2D eigenvalue weighted by molar-refractivity contribution is 0.0694. The van der Waals surface area contributed by atoms with Crippen LogP contribution in [0.3, 0.4) is 0 Å². The van der Waals surface area contributed by atoms with Gasteiger partial charge in [0.1, 0.15) is 22.5 Å². The number of benzene rings is 4. The third kappa shape index (κ3) is 11.3. The van der Waals surface area contributed by atoms with Crippen LogP contribution in [-0.4, -0.2) is 69.3 Å². The Morgan fingerprint density at radius 3 is 2.14 bits per heavy atom. The molecule has 0 unspecified atom stereocenters. The van der Waals surface area contributed by atoms with E-state index < -0.39 is 87.3 Å². The molecule has 4 aromatic carbocycles. The lowest BCUT2D eigenvalue weighted by Gasteiger charge is -2.13. The number of aliphatic hydroxyl groups excluding tert-OH is 1. The number of carboxylic acid groups (broad SMARTS) is 1. The Morgan fingerprint density at radius 2 is 1.51 bits per heavy atom. The highest BCUT2D eigenvalue weighted by Crippen LogP contribution is 2.30. The van der Waals surface area contributed by atoms with Crippen LogP contribution in [0.2, 0.25) is 0 Å². The van der Waals surface area contributed by atoms with Gasteiger partial charge >= 0.3 is 16.4 Å². The minimum atomic E-state index is -4.91. The first-order chi connectivity index (χ1) is 26.6. The Bertz CT molecular complexity index is 2860. The predicted octanol–water partition coefficient (Wildman–Crippen LogP) is 1.32. The monoisotopic (exact) mass is 849 g/mol. The molecule has 0 aliphatic carbocycles. The molecule has 25 heteroatoms. The van der Waals surface area contributed by atoms with E-state index in [1.165, 1.54) is 43.3 Å². The zero-order chi connectivity index (χ0) is 42.3. The first kappa shape index (κ1) is 43.6. The van der Waals surface area contributed by atoms with Crippen LogP contribution in [0, 0.1) is 19.3 Å². The van der Waals surface area contributed by atoms with Crippen molar-refractivity contribution in [1.29, 1.82) is 5.41 Å². The van der Waals surface area contributed by atoms with Gasteiger partial charge in [-0.3, -0.25) is 35.0 Å². The molecule has 0 spiro atoms. The zero-order valence-electron chi connectivity index (χ0n) is 29.4. The first-order valence-electron chi connectivity index (χ1n) is 15.7. The number of hydrogen-bond donors (Lipinski definition) is 7. The van der Waals surface area contributed by atoms with Crippen LogP contribution in [0.25, 0.3) is 0 Å². The number of azo groups is 1. The Hall–Kier alpha value is -6.09. The standard InChI is InChI=1S/C32H31N7O15S3/c1-17-3-5-24(28(9-17)56(47,48)49)36-35-23-6-4-21(11-20(23)15-53-16-33)34-38-29-22(32(43)44)13-26(41)30(31(29)42)39-37-25-10-18(2)27(12-19(25)14-40)55(45,46)8-7-54-57(50,51)52/h3-6,9-13,16,33-34,37,40H,7-8,14-15H2,1-2H3,(H,43,44)(H,47,48,49)(H,50,51,52). The summed E-state index contributed by atoms with van der Waals surface area (Å²) in [7, 11) is -13.8. The molecule has 0 atom stereocenters. The summed E-state index contributed by atoms with van der Waals surface area (Å²) < 4.78 is 98.4. The van der Waals surface area contributed by atoms with Crippen LogP contribution >= 0.6 is 0 Å². The summed E-state index contributed by atoms with van der Waals surface area (Å²) in [6, 6.07) is 10.9. The number of nitrogens with one attached hydrogen (secondary N) is 3. The second-order valence-electron chi connectivity index (χ2n) is 11.6. The van der Waals surface area contributed by atoms with Gasteiger partial charge in [0.2, 0.25) is 10.9 Å². The van der Waals surface area contributed by atoms with Crippen molar-refractivity contribution < 1.29 is 58.3 Å². The number of carbonyl (C=O) groups is 1. The number of aryl methyl sites for hydroxylation is 2. The van der Waals surface area contributed by atoms with Crippen molar-refractivity contribution in [1.82, 2.24) is 0 Å². The number of hydrogen-bond acceptors (Lipinski definition) is 19. The maximum atomic E-state index is 13.5. The first-order valence-corrected chi connectivity index (χ1v) is 20.1. The lowest BCUT2D eigenvalue weighted by Crippen LogP contribution is -2.50. The molecule has 0 amide bonds. The normalized spacial score (nSPS) is 12.9. The van der Waals surface area contributed by atoms with E-state index in [0.29, 0.717) is 18.0 Å². The van der Waals surface area contributed by atoms with E-state index in [2.05, 4.69) is 35.5 Å². The van der Waals surface area contributed by atoms with Crippen molar-refractivity contribution in [3.05, 3.63) is 114 Å². The molecule has 57 heavy (non-hydrogen) atoms. The van der Waals surface area contributed by atoms with Gasteiger partial charge in [-0.25, -0.2) is 17.4 Å². The number of nitrogens with zero attached hydrogens (tertiary/aromatic N) is 4. The summed E-state index contributed by atoms with van der Waals surface area (Å²) in [5.41, 5.74) is 2.34. The van der Waals surface area contributed by atoms with Gasteiger partial charge in [0.05, 0.1) is 46.5 Å². The molecule has 22 nitrogen and oxygen atoms in total. The minimum absolute atomic E-state index is 0.0541. The predicted molar refractivity (Wildman–Crippen MR) is 199 cm³/mol. The average Bonchev–Trinajstić information content (AvgIpc) is 3.12. The number of aromatic carboxylic acids is 1. The van der Waals surface area contributed by atoms with Crippen LogP contribution in [0.15, 0.2) is 94.4 Å². The van der Waals surface area contributed by atoms with E-state index in [4.69, 9.17) is 14.7 Å². The number of carboxylic acids is 1. The fourth-order valence-corrected chi connectivity index (χ4v) is 7.41. The summed E-state index contributed by atoms with van der Waals surface area (Å²) >= 11 is 0. The zero-order valence-corrected chi connectivity index (χ0v) is 31.8. The molecule has 0 aliphatic heterocycles. The Labute approximate surface area is 322 Å². The Kier molecular flexibility index (Phi) is 13.6. The van der Waals surface area contributed by atoms with Gasteiger partial charge in [-0.05, 0) is 67.4 Å². The largest absolute Gasteiger partial charge is 0.479 e. The number of rotatable bonds is 17. The molecule has 0 aliphatic rings. The summed E-state index contributed by atoms with van der Waals surface area (Å²) in [5.74, 6) is -2.56. The Balaban J connectivity index is 1.72. The smallest absolute Gasteiger partial charge is 0.397 e. The van der Waals surface area contributed by atoms with Crippen molar-refractivity contribution in [3.8, 4) is 0 Å². The van der Waals surface area contributed by atoms with Gasteiger partial charge in [0.25, 0.3) is 10.1 Å². The molecule has 4 aromatic rings. The fourth-order valence-electron chi connectivity index (χ4n) is 4.91. The van der Waals surface area contributed by atoms with Gasteiger partial charge in [0.15, 0.2) is 21.6 Å². The fraction of sp³-hybridized carbons (Fsp3) is 0.188. The number of aliphatic hydroxyl groups is 1. The third-order valence-electron chi connectivity index (χ3n) is 7.56. The number of sulfone groups is 1. The highest BCUT2D eigenvalue weighted by Gasteiger charge is 2.22. The van der Waals surface area contributed by atoms with Crippen molar-refractivity contribution in [2.24, 2.45) is 20.4 Å². The van der Waals surface area contributed by atoms with E-state index in [0.717, 1.165) is 6.07 Å². The average molecular weight is 850 g/mol.